The van der Waals surface area contributed by atoms with Crippen molar-refractivity contribution in [2.45, 2.75) is 36.5 Å². The lowest BCUT2D eigenvalue weighted by Crippen LogP contribution is -2.49. The van der Waals surface area contributed by atoms with Gasteiger partial charge in [-0.2, -0.15) is 0 Å². The second kappa shape index (κ2) is 8.02. The van der Waals surface area contributed by atoms with E-state index >= 15 is 0 Å². The number of nitrogens with zero attached hydrogens (tertiary/aromatic N) is 2. The highest BCUT2D eigenvalue weighted by molar-refractivity contribution is 5.73. The molecule has 0 spiro atoms. The molecule has 0 saturated heterocycles. The molecule has 0 radical (unpaired) electrons. The van der Waals surface area contributed by atoms with E-state index in [1.807, 2.05) is 54.6 Å². The van der Waals surface area contributed by atoms with Gasteiger partial charge in [0, 0.05) is 24.6 Å². The highest BCUT2D eigenvalue weighted by Gasteiger charge is 2.74. The lowest BCUT2D eigenvalue weighted by Gasteiger charge is -2.40. The zero-order chi connectivity index (χ0) is 27.2. The molecule has 3 unspecified atom stereocenters. The van der Waals surface area contributed by atoms with Crippen molar-refractivity contribution in [1.82, 2.24) is 9.55 Å². The number of rotatable bonds is 4. The van der Waals surface area contributed by atoms with E-state index < -0.39 is 17.1 Å². The largest absolute Gasteiger partial charge is 0.497 e. The van der Waals surface area contributed by atoms with Crippen LogP contribution in [0.3, 0.4) is 0 Å². The van der Waals surface area contributed by atoms with Gasteiger partial charge in [0.25, 0.3) is 5.56 Å². The van der Waals surface area contributed by atoms with Crippen LogP contribution in [-0.4, -0.2) is 35.7 Å². The Morgan fingerprint density at radius 1 is 1.02 bits per heavy atom. The Labute approximate surface area is 229 Å². The molecule has 8 rings (SSSR count). The van der Waals surface area contributed by atoms with Crippen LogP contribution in [0.4, 0.5) is 0 Å². The van der Waals surface area contributed by atoms with Gasteiger partial charge in [-0.15, -0.1) is 0 Å². The van der Waals surface area contributed by atoms with Crippen molar-refractivity contribution in [2.24, 2.45) is 0 Å². The normalized spacial score (nSPS) is 24.6. The summed E-state index contributed by atoms with van der Waals surface area (Å²) in [6.45, 7) is 0.607. The number of hydrogen-bond donors (Lipinski definition) is 1. The van der Waals surface area contributed by atoms with Gasteiger partial charge >= 0.3 is 0 Å². The van der Waals surface area contributed by atoms with E-state index in [9.17, 15) is 9.90 Å². The topological polar surface area (TPSA) is 101 Å². The van der Waals surface area contributed by atoms with Gasteiger partial charge < -0.3 is 28.8 Å². The molecule has 0 amide bonds. The van der Waals surface area contributed by atoms with Crippen LogP contribution in [0.25, 0.3) is 0 Å². The summed E-state index contributed by atoms with van der Waals surface area (Å²) in [6, 6.07) is 18.8. The molecule has 0 saturated carbocycles. The number of hydrogen-bond acceptors (Lipinski definition) is 8. The number of aliphatic hydroxyl groups is 1. The number of methoxy groups -OCH3 is 2. The molecule has 1 aliphatic carbocycles. The molecule has 3 atom stereocenters. The van der Waals surface area contributed by atoms with Crippen LogP contribution in [0, 0.1) is 0 Å². The Morgan fingerprint density at radius 3 is 2.58 bits per heavy atom. The molecule has 1 N–H and O–H groups in total. The first-order chi connectivity index (χ1) is 19.5. The SMILES string of the molecule is COc1ccc(C23Oc4cc5c(c(OC)c4C2(O)c2nc4n(c(=O)c2C3c2ccccc2)CCC4)OCO5)cc1. The van der Waals surface area contributed by atoms with Crippen LogP contribution >= 0.6 is 0 Å². The summed E-state index contributed by atoms with van der Waals surface area (Å²) >= 11 is 0. The van der Waals surface area contributed by atoms with Crippen molar-refractivity contribution in [1.29, 1.82) is 0 Å². The van der Waals surface area contributed by atoms with Crippen LogP contribution in [0.1, 0.15) is 46.1 Å². The molecule has 0 bridgehead atoms. The van der Waals surface area contributed by atoms with E-state index in [-0.39, 0.29) is 18.0 Å². The Bertz CT molecular complexity index is 1750. The minimum absolute atomic E-state index is 0.0208. The third kappa shape index (κ3) is 2.65. The number of benzene rings is 3. The number of aromatic nitrogens is 2. The molecular formula is C31H26N2O7. The second-order valence-corrected chi connectivity index (χ2v) is 10.5. The first-order valence-electron chi connectivity index (χ1n) is 13.3. The molecule has 9 heteroatoms. The molecule has 1 aromatic heterocycles. The average molecular weight is 539 g/mol. The summed E-state index contributed by atoms with van der Waals surface area (Å²) in [5.41, 5.74) is -1.03. The first-order valence-corrected chi connectivity index (χ1v) is 13.3. The highest BCUT2D eigenvalue weighted by Crippen LogP contribution is 2.71. The predicted octanol–water partition coefficient (Wildman–Crippen LogP) is 3.60. The van der Waals surface area contributed by atoms with E-state index in [4.69, 9.17) is 28.7 Å². The average Bonchev–Trinajstić information content (AvgIpc) is 3.75. The molecule has 9 nitrogen and oxygen atoms in total. The highest BCUT2D eigenvalue weighted by atomic mass is 16.7. The second-order valence-electron chi connectivity index (χ2n) is 10.5. The molecule has 3 aromatic carbocycles. The first kappa shape index (κ1) is 23.4. The fourth-order valence-electron chi connectivity index (χ4n) is 7.09. The minimum atomic E-state index is -1.91. The summed E-state index contributed by atoms with van der Waals surface area (Å²) in [5.74, 6) is 2.13. The molecule has 40 heavy (non-hydrogen) atoms. The fourth-order valence-corrected chi connectivity index (χ4v) is 7.09. The lowest BCUT2D eigenvalue weighted by molar-refractivity contribution is -0.0911. The van der Waals surface area contributed by atoms with Gasteiger partial charge in [-0.3, -0.25) is 9.36 Å². The van der Waals surface area contributed by atoms with E-state index in [0.29, 0.717) is 64.2 Å². The van der Waals surface area contributed by atoms with E-state index in [1.54, 1.807) is 17.7 Å². The van der Waals surface area contributed by atoms with Crippen molar-refractivity contribution in [2.75, 3.05) is 21.0 Å². The summed E-state index contributed by atoms with van der Waals surface area (Å²) < 4.78 is 31.6. The summed E-state index contributed by atoms with van der Waals surface area (Å²) in [4.78, 5) is 19.3. The number of ether oxygens (including phenoxy) is 5. The Balaban J connectivity index is 1.54. The van der Waals surface area contributed by atoms with Gasteiger partial charge in [0.05, 0.1) is 37.0 Å². The maximum absolute atomic E-state index is 14.3. The smallest absolute Gasteiger partial charge is 0.257 e. The van der Waals surface area contributed by atoms with Crippen LogP contribution in [0.15, 0.2) is 65.5 Å². The van der Waals surface area contributed by atoms with E-state index in [0.717, 1.165) is 12.0 Å². The third-order valence-corrected chi connectivity index (χ3v) is 8.71. The summed E-state index contributed by atoms with van der Waals surface area (Å²) in [7, 11) is 3.12. The zero-order valence-electron chi connectivity index (χ0n) is 22.0. The summed E-state index contributed by atoms with van der Waals surface area (Å²) in [6.07, 6.45) is 1.47. The molecule has 0 fully saturated rings. The van der Waals surface area contributed by atoms with Gasteiger partial charge in [-0.1, -0.05) is 42.5 Å². The number of fused-ring (bicyclic) bond motifs is 7. The quantitative estimate of drug-likeness (QED) is 0.421. The standard InChI is InChI=1S/C31H26N2O7/c1-36-19-12-10-18(11-13-19)31-24(17-7-4-3-5-8-17)23-28(32-22-9-6-14-33(22)29(23)34)30(31,35)25-20(40-31)15-21-26(27(25)37-2)39-16-38-21/h3-5,7-8,10-13,15,24,35H,6,9,14,16H2,1-2H3. The van der Waals surface area contributed by atoms with Crippen molar-refractivity contribution >= 4 is 0 Å². The van der Waals surface area contributed by atoms with Crippen molar-refractivity contribution in [3.8, 4) is 28.7 Å². The Morgan fingerprint density at radius 2 is 1.82 bits per heavy atom. The monoisotopic (exact) mass is 538 g/mol. The maximum Gasteiger partial charge on any atom is 0.257 e. The van der Waals surface area contributed by atoms with Gasteiger partial charge in [-0.05, 0) is 24.1 Å². The molecule has 4 aromatic rings. The zero-order valence-corrected chi connectivity index (χ0v) is 22.0. The van der Waals surface area contributed by atoms with Crippen molar-refractivity contribution in [3.05, 3.63) is 105 Å². The molecule has 3 aliphatic heterocycles. The third-order valence-electron chi connectivity index (χ3n) is 8.71. The number of aryl methyl sites for hydroxylation is 1. The van der Waals surface area contributed by atoms with Gasteiger partial charge in [0.2, 0.25) is 12.5 Å². The maximum atomic E-state index is 14.3. The fraction of sp³-hybridized carbons (Fsp3) is 0.290. The molecule has 4 aliphatic rings. The Kier molecular flexibility index (Phi) is 4.69. The van der Waals surface area contributed by atoms with Gasteiger partial charge in [0.1, 0.15) is 17.3 Å². The summed E-state index contributed by atoms with van der Waals surface area (Å²) in [5, 5.41) is 13.4. The van der Waals surface area contributed by atoms with Crippen LogP contribution in [-0.2, 0) is 24.2 Å². The van der Waals surface area contributed by atoms with E-state index in [2.05, 4.69) is 0 Å². The predicted molar refractivity (Wildman–Crippen MR) is 143 cm³/mol. The minimum Gasteiger partial charge on any atom is -0.497 e. The van der Waals surface area contributed by atoms with Crippen molar-refractivity contribution < 1.29 is 28.8 Å². The lowest BCUT2D eigenvalue weighted by atomic mass is 9.70. The van der Waals surface area contributed by atoms with Crippen molar-refractivity contribution in [3.63, 3.8) is 0 Å². The molecule has 4 heterocycles. The van der Waals surface area contributed by atoms with Crippen LogP contribution in [0.5, 0.6) is 28.7 Å². The molecular weight excluding hydrogens is 512 g/mol. The van der Waals surface area contributed by atoms with E-state index in [1.165, 1.54) is 7.11 Å². The van der Waals surface area contributed by atoms with Crippen LogP contribution < -0.4 is 29.2 Å². The van der Waals surface area contributed by atoms with Gasteiger partial charge in [-0.25, -0.2) is 4.98 Å². The molecule has 202 valence electrons. The Hall–Kier alpha value is -4.50. The van der Waals surface area contributed by atoms with Crippen LogP contribution in [0.2, 0.25) is 0 Å². The van der Waals surface area contributed by atoms with Gasteiger partial charge in [0.15, 0.2) is 22.7 Å².